The van der Waals surface area contributed by atoms with Gasteiger partial charge in [-0.1, -0.05) is 0 Å². The average Bonchev–Trinajstić information content (AvgIpc) is 2.65. The molecule has 1 atom stereocenters. The molecule has 0 aliphatic carbocycles. The summed E-state index contributed by atoms with van der Waals surface area (Å²) >= 11 is 0. The minimum Gasteiger partial charge on any atom is -0.479 e. The molecular weight excluding hydrogens is 172 g/mol. The van der Waals surface area contributed by atoms with Gasteiger partial charge in [0.15, 0.2) is 0 Å². The molecule has 0 bridgehead atoms. The third-order valence-electron chi connectivity index (χ3n) is 2.09. The van der Waals surface area contributed by atoms with Gasteiger partial charge in [0.2, 0.25) is 0 Å². The SMILES string of the molecule is COc1cc(C(C)(CN)CO)on1. The average molecular weight is 186 g/mol. The van der Waals surface area contributed by atoms with Crippen molar-refractivity contribution < 1.29 is 14.4 Å². The molecule has 0 aromatic carbocycles. The fraction of sp³-hybridized carbons (Fsp3) is 0.625. The van der Waals surface area contributed by atoms with Crippen molar-refractivity contribution in [3.63, 3.8) is 0 Å². The van der Waals surface area contributed by atoms with E-state index in [9.17, 15) is 0 Å². The minimum atomic E-state index is -0.580. The highest BCUT2D eigenvalue weighted by molar-refractivity contribution is 5.19. The number of nitrogens with two attached hydrogens (primary N) is 1. The second-order valence-electron chi connectivity index (χ2n) is 3.16. The normalized spacial score (nSPS) is 15.4. The van der Waals surface area contributed by atoms with Crippen LogP contribution in [0.3, 0.4) is 0 Å². The van der Waals surface area contributed by atoms with E-state index >= 15 is 0 Å². The van der Waals surface area contributed by atoms with E-state index in [1.807, 2.05) is 0 Å². The van der Waals surface area contributed by atoms with E-state index in [0.717, 1.165) is 0 Å². The number of nitrogens with zero attached hydrogens (tertiary/aromatic N) is 1. The molecule has 0 spiro atoms. The maximum atomic E-state index is 9.11. The molecule has 0 aliphatic rings. The van der Waals surface area contributed by atoms with Crippen LogP contribution in [0, 0.1) is 0 Å². The number of aliphatic hydroxyl groups excluding tert-OH is 1. The van der Waals surface area contributed by atoms with Gasteiger partial charge >= 0.3 is 0 Å². The lowest BCUT2D eigenvalue weighted by atomic mass is 9.89. The molecule has 1 heterocycles. The molecule has 0 amide bonds. The Morgan fingerprint density at radius 3 is 2.85 bits per heavy atom. The van der Waals surface area contributed by atoms with Crippen LogP contribution in [0.5, 0.6) is 5.88 Å². The van der Waals surface area contributed by atoms with Crippen molar-refractivity contribution in [1.82, 2.24) is 5.16 Å². The number of methoxy groups -OCH3 is 1. The molecule has 5 heteroatoms. The molecule has 1 aromatic rings. The number of rotatable bonds is 4. The third-order valence-corrected chi connectivity index (χ3v) is 2.09. The number of ether oxygens (including phenoxy) is 1. The van der Waals surface area contributed by atoms with Crippen LogP contribution in [0.15, 0.2) is 10.6 Å². The van der Waals surface area contributed by atoms with Gasteiger partial charge in [-0.25, -0.2) is 0 Å². The molecule has 1 rings (SSSR count). The standard InChI is InChI=1S/C8H14N2O3/c1-8(4-9,5-11)6-3-7(12-2)10-13-6/h3,11H,4-5,9H2,1-2H3. The van der Waals surface area contributed by atoms with Crippen LogP contribution in [0.4, 0.5) is 0 Å². The molecule has 0 saturated carbocycles. The highest BCUT2D eigenvalue weighted by Crippen LogP contribution is 2.24. The van der Waals surface area contributed by atoms with Crippen LogP contribution < -0.4 is 10.5 Å². The summed E-state index contributed by atoms with van der Waals surface area (Å²) in [6, 6.07) is 1.63. The van der Waals surface area contributed by atoms with Crippen LogP contribution in [-0.4, -0.2) is 30.5 Å². The van der Waals surface area contributed by atoms with Crippen LogP contribution in [0.2, 0.25) is 0 Å². The number of aliphatic hydroxyl groups is 1. The monoisotopic (exact) mass is 186 g/mol. The minimum absolute atomic E-state index is 0.0815. The first-order valence-electron chi connectivity index (χ1n) is 3.98. The predicted molar refractivity (Wildman–Crippen MR) is 46.5 cm³/mol. The molecular formula is C8H14N2O3. The number of aromatic nitrogens is 1. The van der Waals surface area contributed by atoms with Crippen molar-refractivity contribution >= 4 is 0 Å². The first kappa shape index (κ1) is 10.0. The Morgan fingerprint density at radius 1 is 1.77 bits per heavy atom. The zero-order valence-electron chi connectivity index (χ0n) is 7.78. The fourth-order valence-corrected chi connectivity index (χ4v) is 0.883. The molecule has 13 heavy (non-hydrogen) atoms. The molecule has 0 aliphatic heterocycles. The largest absolute Gasteiger partial charge is 0.479 e. The summed E-state index contributed by atoms with van der Waals surface area (Å²) in [6.45, 7) is 2.01. The fourth-order valence-electron chi connectivity index (χ4n) is 0.883. The Balaban J connectivity index is 2.91. The third kappa shape index (κ3) is 1.81. The summed E-state index contributed by atoms with van der Waals surface area (Å²) in [4.78, 5) is 0. The van der Waals surface area contributed by atoms with Gasteiger partial charge in [-0.05, 0) is 12.1 Å². The lowest BCUT2D eigenvalue weighted by molar-refractivity contribution is 0.177. The summed E-state index contributed by atoms with van der Waals surface area (Å²) < 4.78 is 9.84. The first-order valence-corrected chi connectivity index (χ1v) is 3.98. The molecule has 74 valence electrons. The van der Waals surface area contributed by atoms with Gasteiger partial charge in [-0.15, -0.1) is 0 Å². The second kappa shape index (κ2) is 3.76. The van der Waals surface area contributed by atoms with E-state index in [0.29, 0.717) is 18.2 Å². The molecule has 1 unspecified atom stereocenters. The Kier molecular flexibility index (Phi) is 2.90. The Bertz CT molecular complexity index is 268. The van der Waals surface area contributed by atoms with Gasteiger partial charge in [0.25, 0.3) is 5.88 Å². The second-order valence-corrected chi connectivity index (χ2v) is 3.16. The van der Waals surface area contributed by atoms with Crippen molar-refractivity contribution in [2.45, 2.75) is 12.3 Å². The van der Waals surface area contributed by atoms with Crippen LogP contribution in [0.25, 0.3) is 0 Å². The highest BCUT2D eigenvalue weighted by atomic mass is 16.5. The maximum absolute atomic E-state index is 9.11. The zero-order chi connectivity index (χ0) is 9.90. The molecule has 0 radical (unpaired) electrons. The first-order chi connectivity index (χ1) is 6.16. The van der Waals surface area contributed by atoms with Gasteiger partial charge in [-0.3, -0.25) is 0 Å². The van der Waals surface area contributed by atoms with E-state index in [-0.39, 0.29) is 6.61 Å². The van der Waals surface area contributed by atoms with E-state index in [4.69, 9.17) is 20.1 Å². The van der Waals surface area contributed by atoms with Crippen LogP contribution in [-0.2, 0) is 5.41 Å². The van der Waals surface area contributed by atoms with Crippen molar-refractivity contribution in [3.8, 4) is 5.88 Å². The lowest BCUT2D eigenvalue weighted by Gasteiger charge is -2.20. The maximum Gasteiger partial charge on any atom is 0.254 e. The van der Waals surface area contributed by atoms with E-state index in [2.05, 4.69) is 5.16 Å². The van der Waals surface area contributed by atoms with Crippen LogP contribution in [0.1, 0.15) is 12.7 Å². The lowest BCUT2D eigenvalue weighted by Crippen LogP contribution is -2.35. The summed E-state index contributed by atoms with van der Waals surface area (Å²) in [5.41, 5.74) is 4.93. The van der Waals surface area contributed by atoms with Crippen molar-refractivity contribution in [2.75, 3.05) is 20.3 Å². The number of hydrogen-bond acceptors (Lipinski definition) is 5. The summed E-state index contributed by atoms with van der Waals surface area (Å²) in [5, 5.41) is 12.7. The molecule has 3 N–H and O–H groups in total. The Hall–Kier alpha value is -1.07. The summed E-state index contributed by atoms with van der Waals surface area (Å²) in [7, 11) is 1.50. The van der Waals surface area contributed by atoms with Gasteiger partial charge in [0, 0.05) is 12.6 Å². The number of hydrogen-bond donors (Lipinski definition) is 2. The topological polar surface area (TPSA) is 81.5 Å². The molecule has 0 saturated heterocycles. The van der Waals surface area contributed by atoms with E-state index < -0.39 is 5.41 Å². The van der Waals surface area contributed by atoms with Crippen molar-refractivity contribution in [3.05, 3.63) is 11.8 Å². The van der Waals surface area contributed by atoms with Crippen LogP contribution >= 0.6 is 0 Å². The van der Waals surface area contributed by atoms with E-state index in [1.54, 1.807) is 13.0 Å². The van der Waals surface area contributed by atoms with Gasteiger partial charge in [0.05, 0.1) is 19.1 Å². The molecule has 5 nitrogen and oxygen atoms in total. The van der Waals surface area contributed by atoms with Gasteiger partial charge in [0.1, 0.15) is 5.76 Å². The quantitative estimate of drug-likeness (QED) is 0.685. The molecule has 0 fully saturated rings. The van der Waals surface area contributed by atoms with E-state index in [1.165, 1.54) is 7.11 Å². The van der Waals surface area contributed by atoms with Crippen molar-refractivity contribution in [2.24, 2.45) is 5.73 Å². The summed E-state index contributed by atoms with van der Waals surface area (Å²) in [5.74, 6) is 0.928. The smallest absolute Gasteiger partial charge is 0.254 e. The summed E-state index contributed by atoms with van der Waals surface area (Å²) in [6.07, 6.45) is 0. The van der Waals surface area contributed by atoms with Gasteiger partial charge < -0.3 is 20.1 Å². The van der Waals surface area contributed by atoms with Crippen molar-refractivity contribution in [1.29, 1.82) is 0 Å². The van der Waals surface area contributed by atoms with Gasteiger partial charge in [-0.2, -0.15) is 0 Å². The predicted octanol–water partition coefficient (Wildman–Crippen LogP) is -0.108. The Labute approximate surface area is 76.5 Å². The highest BCUT2D eigenvalue weighted by Gasteiger charge is 2.29. The zero-order valence-corrected chi connectivity index (χ0v) is 7.78. The Morgan fingerprint density at radius 2 is 2.46 bits per heavy atom. The molecule has 1 aromatic heterocycles.